The van der Waals surface area contributed by atoms with Crippen LogP contribution in [0.4, 0.5) is 5.82 Å². The molecule has 0 fully saturated rings. The lowest BCUT2D eigenvalue weighted by Gasteiger charge is -2.08. The second-order valence-electron chi connectivity index (χ2n) is 5.83. The van der Waals surface area contributed by atoms with Gasteiger partial charge in [0.2, 0.25) is 0 Å². The van der Waals surface area contributed by atoms with Gasteiger partial charge in [-0.3, -0.25) is 5.43 Å². The van der Waals surface area contributed by atoms with Crippen LogP contribution in [-0.2, 0) is 6.42 Å². The second kappa shape index (κ2) is 6.32. The number of nitrogens with zero attached hydrogens (tertiary/aromatic N) is 2. The Hall–Kier alpha value is -2.88. The lowest BCUT2D eigenvalue weighted by atomic mass is 10.0. The van der Waals surface area contributed by atoms with Crippen molar-refractivity contribution in [1.29, 1.82) is 0 Å². The Morgan fingerprint density at radius 3 is 3.00 bits per heavy atom. The summed E-state index contributed by atoms with van der Waals surface area (Å²) in [6.45, 7) is 2.88. The first-order valence-electron chi connectivity index (χ1n) is 8.28. The molecule has 4 rings (SSSR count). The molecule has 0 radical (unpaired) electrons. The number of hydrogen-bond acceptors (Lipinski definition) is 4. The van der Waals surface area contributed by atoms with Gasteiger partial charge in [0.1, 0.15) is 11.6 Å². The summed E-state index contributed by atoms with van der Waals surface area (Å²) >= 11 is 0. The minimum atomic E-state index is 0.754. The van der Waals surface area contributed by atoms with Crippen LogP contribution in [0.15, 0.2) is 59.7 Å². The van der Waals surface area contributed by atoms with Crippen molar-refractivity contribution in [2.24, 2.45) is 5.10 Å². The van der Waals surface area contributed by atoms with Crippen LogP contribution < -0.4 is 10.2 Å². The molecule has 4 heteroatoms. The molecule has 1 aliphatic rings. The van der Waals surface area contributed by atoms with Crippen molar-refractivity contribution in [1.82, 2.24) is 4.98 Å². The van der Waals surface area contributed by atoms with Gasteiger partial charge >= 0.3 is 0 Å². The lowest BCUT2D eigenvalue weighted by molar-refractivity contribution is 0.357. The number of rotatable bonds is 4. The summed E-state index contributed by atoms with van der Waals surface area (Å²) in [4.78, 5) is 4.59. The molecule has 0 unspecified atom stereocenters. The number of benzene rings is 2. The minimum Gasteiger partial charge on any atom is -0.493 e. The Balaban J connectivity index is 1.60. The van der Waals surface area contributed by atoms with Gasteiger partial charge in [-0.05, 0) is 53.9 Å². The molecule has 3 aromatic rings. The molecule has 1 N–H and O–H groups in total. The summed E-state index contributed by atoms with van der Waals surface area (Å²) in [5.74, 6) is 1.75. The summed E-state index contributed by atoms with van der Waals surface area (Å²) in [6, 6.07) is 18.4. The number of aromatic nitrogens is 1. The van der Waals surface area contributed by atoms with Crippen LogP contribution in [0.3, 0.4) is 0 Å². The summed E-state index contributed by atoms with van der Waals surface area (Å²) in [7, 11) is 0. The molecule has 4 nitrogen and oxygen atoms in total. The lowest BCUT2D eigenvalue weighted by Crippen LogP contribution is -2.04. The van der Waals surface area contributed by atoms with E-state index in [1.165, 1.54) is 5.56 Å². The fourth-order valence-corrected chi connectivity index (χ4v) is 2.97. The van der Waals surface area contributed by atoms with E-state index in [2.05, 4.69) is 46.7 Å². The molecule has 0 saturated heterocycles. The third-order valence-corrected chi connectivity index (χ3v) is 4.26. The van der Waals surface area contributed by atoms with Gasteiger partial charge in [0.05, 0.1) is 17.8 Å². The molecule has 0 bridgehead atoms. The van der Waals surface area contributed by atoms with Gasteiger partial charge in [0.15, 0.2) is 0 Å². The first-order chi connectivity index (χ1) is 11.8. The Labute approximate surface area is 141 Å². The number of anilines is 1. The Kier molecular flexibility index (Phi) is 3.87. The maximum Gasteiger partial charge on any atom is 0.146 e. The average Bonchev–Trinajstić information content (AvgIpc) is 3.10. The predicted molar refractivity (Wildman–Crippen MR) is 97.8 cm³/mol. The van der Waals surface area contributed by atoms with Crippen LogP contribution in [-0.4, -0.2) is 17.3 Å². The number of nitrogens with one attached hydrogen (secondary N) is 1. The molecule has 0 atom stereocenters. The van der Waals surface area contributed by atoms with Crippen LogP contribution >= 0.6 is 0 Å². The summed E-state index contributed by atoms with van der Waals surface area (Å²) in [5.41, 5.74) is 7.47. The van der Waals surface area contributed by atoms with Gasteiger partial charge in [-0.15, -0.1) is 0 Å². The maximum atomic E-state index is 5.57. The second-order valence-corrected chi connectivity index (χ2v) is 5.83. The highest BCUT2D eigenvalue weighted by molar-refractivity contribution is 6.01. The quantitative estimate of drug-likeness (QED) is 0.573. The van der Waals surface area contributed by atoms with Crippen molar-refractivity contribution in [2.75, 3.05) is 12.0 Å². The normalized spacial score (nSPS) is 13.6. The zero-order valence-electron chi connectivity index (χ0n) is 13.6. The predicted octanol–water partition coefficient (Wildman–Crippen LogP) is 4.40. The third-order valence-electron chi connectivity index (χ3n) is 4.26. The number of hydrogen-bond donors (Lipinski definition) is 1. The van der Waals surface area contributed by atoms with E-state index in [0.717, 1.165) is 53.2 Å². The Bertz CT molecular complexity index is 918. The monoisotopic (exact) mass is 317 g/mol. The largest absolute Gasteiger partial charge is 0.493 e. The first-order valence-corrected chi connectivity index (χ1v) is 8.28. The first kappa shape index (κ1) is 14.7. The molecule has 1 aliphatic heterocycles. The molecule has 24 heavy (non-hydrogen) atoms. The molecule has 0 amide bonds. The van der Waals surface area contributed by atoms with Gasteiger partial charge in [0.25, 0.3) is 0 Å². The van der Waals surface area contributed by atoms with E-state index >= 15 is 0 Å². The summed E-state index contributed by atoms with van der Waals surface area (Å²) in [5, 5.41) is 5.70. The SMILES string of the molecule is CCC(=NNc1ccc2ccccc2n1)c1ccc2c(c1)CCO2. The van der Waals surface area contributed by atoms with Crippen molar-refractivity contribution >= 4 is 22.4 Å². The van der Waals surface area contributed by atoms with E-state index in [1.54, 1.807) is 0 Å². The van der Waals surface area contributed by atoms with Crippen molar-refractivity contribution in [3.8, 4) is 5.75 Å². The van der Waals surface area contributed by atoms with E-state index in [9.17, 15) is 0 Å². The van der Waals surface area contributed by atoms with Gasteiger partial charge in [0, 0.05) is 11.8 Å². The maximum absolute atomic E-state index is 5.57. The third kappa shape index (κ3) is 2.83. The molecule has 0 saturated carbocycles. The smallest absolute Gasteiger partial charge is 0.146 e. The number of ether oxygens (including phenoxy) is 1. The molecule has 120 valence electrons. The van der Waals surface area contributed by atoms with Gasteiger partial charge in [-0.25, -0.2) is 4.98 Å². The Morgan fingerprint density at radius 1 is 1.17 bits per heavy atom. The van der Waals surface area contributed by atoms with E-state index in [1.807, 2.05) is 30.3 Å². The van der Waals surface area contributed by atoms with Crippen LogP contribution in [0.25, 0.3) is 10.9 Å². The van der Waals surface area contributed by atoms with Crippen LogP contribution in [0.5, 0.6) is 5.75 Å². The average molecular weight is 317 g/mol. The van der Waals surface area contributed by atoms with E-state index in [4.69, 9.17) is 4.74 Å². The van der Waals surface area contributed by atoms with Crippen LogP contribution in [0.2, 0.25) is 0 Å². The Morgan fingerprint density at radius 2 is 2.08 bits per heavy atom. The van der Waals surface area contributed by atoms with Crippen molar-refractivity contribution in [2.45, 2.75) is 19.8 Å². The van der Waals surface area contributed by atoms with Crippen molar-refractivity contribution in [3.05, 3.63) is 65.7 Å². The highest BCUT2D eigenvalue weighted by Crippen LogP contribution is 2.26. The molecule has 0 aliphatic carbocycles. The molecular formula is C20H19N3O. The van der Waals surface area contributed by atoms with Crippen molar-refractivity contribution < 1.29 is 4.74 Å². The highest BCUT2D eigenvalue weighted by Gasteiger charge is 2.13. The van der Waals surface area contributed by atoms with Gasteiger partial charge in [-0.2, -0.15) is 5.10 Å². The zero-order chi connectivity index (χ0) is 16.4. The number of hydrazone groups is 1. The number of pyridine rings is 1. The van der Waals surface area contributed by atoms with E-state index in [0.29, 0.717) is 0 Å². The molecule has 0 spiro atoms. The van der Waals surface area contributed by atoms with Gasteiger partial charge < -0.3 is 4.74 Å². The molecule has 1 aromatic heterocycles. The van der Waals surface area contributed by atoms with Gasteiger partial charge in [-0.1, -0.05) is 25.1 Å². The van der Waals surface area contributed by atoms with Crippen LogP contribution in [0.1, 0.15) is 24.5 Å². The van der Waals surface area contributed by atoms with Crippen molar-refractivity contribution in [3.63, 3.8) is 0 Å². The standard InChI is InChI=1S/C20H19N3O/c1-2-17(15-7-9-19-16(13-15)11-12-24-19)22-23-20-10-8-14-5-3-4-6-18(14)21-20/h3-10,13H,2,11-12H2,1H3,(H,21,23). The molecule has 2 heterocycles. The fraction of sp³-hybridized carbons (Fsp3) is 0.200. The zero-order valence-corrected chi connectivity index (χ0v) is 13.6. The number of para-hydroxylation sites is 1. The topological polar surface area (TPSA) is 46.5 Å². The van der Waals surface area contributed by atoms with Crippen LogP contribution in [0, 0.1) is 0 Å². The van der Waals surface area contributed by atoms with E-state index < -0.39 is 0 Å². The molecular weight excluding hydrogens is 298 g/mol. The highest BCUT2D eigenvalue weighted by atomic mass is 16.5. The number of fused-ring (bicyclic) bond motifs is 2. The molecule has 2 aromatic carbocycles. The van der Waals surface area contributed by atoms with E-state index in [-0.39, 0.29) is 0 Å². The minimum absolute atomic E-state index is 0.754. The summed E-state index contributed by atoms with van der Waals surface area (Å²) < 4.78 is 5.57. The summed E-state index contributed by atoms with van der Waals surface area (Å²) in [6.07, 6.45) is 1.82. The fourth-order valence-electron chi connectivity index (χ4n) is 2.97.